The molecule has 1 saturated carbocycles. The van der Waals surface area contributed by atoms with Gasteiger partial charge in [0.15, 0.2) is 11.5 Å². The van der Waals surface area contributed by atoms with E-state index in [-0.39, 0.29) is 43.4 Å². The summed E-state index contributed by atoms with van der Waals surface area (Å²) in [6.45, 7) is 0.413. The Kier molecular flexibility index (Phi) is 8.22. The van der Waals surface area contributed by atoms with E-state index in [0.717, 1.165) is 42.4 Å². The molecular weight excluding hydrogens is 483 g/mol. The third-order valence-electron chi connectivity index (χ3n) is 7.30. The molecule has 2 amide bonds. The Balaban J connectivity index is 1.39. The van der Waals surface area contributed by atoms with E-state index in [1.807, 2.05) is 48.5 Å². The highest BCUT2D eigenvalue weighted by Gasteiger charge is 2.32. The lowest BCUT2D eigenvalue weighted by Crippen LogP contribution is -2.52. The topological polar surface area (TPSA) is 67.9 Å². The normalized spacial score (nSPS) is 15.3. The minimum atomic E-state index is -0.688. The first-order chi connectivity index (χ1) is 18.5. The number of nitrogens with one attached hydrogen (secondary N) is 1. The van der Waals surface area contributed by atoms with Gasteiger partial charge < -0.3 is 19.7 Å². The lowest BCUT2D eigenvalue weighted by atomic mass is 10.0. The largest absolute Gasteiger partial charge is 0.454 e. The first-order valence-corrected chi connectivity index (χ1v) is 13.3. The summed E-state index contributed by atoms with van der Waals surface area (Å²) < 4.78 is 24.5. The Bertz CT molecular complexity index is 1240. The van der Waals surface area contributed by atoms with Crippen molar-refractivity contribution in [3.8, 4) is 11.5 Å². The minimum Gasteiger partial charge on any atom is -0.454 e. The second-order valence-corrected chi connectivity index (χ2v) is 10.0. The molecule has 1 aliphatic heterocycles. The molecule has 7 heteroatoms. The van der Waals surface area contributed by atoms with Crippen LogP contribution in [0, 0.1) is 5.82 Å². The predicted molar refractivity (Wildman–Crippen MR) is 142 cm³/mol. The lowest BCUT2D eigenvalue weighted by Gasteiger charge is -2.32. The molecule has 1 unspecified atom stereocenters. The molecule has 1 N–H and O–H groups in total. The van der Waals surface area contributed by atoms with Gasteiger partial charge in [-0.1, -0.05) is 61.4 Å². The van der Waals surface area contributed by atoms with Gasteiger partial charge in [0.1, 0.15) is 11.9 Å². The molecule has 1 heterocycles. The Morgan fingerprint density at radius 1 is 0.895 bits per heavy atom. The zero-order chi connectivity index (χ0) is 26.3. The molecule has 1 fully saturated rings. The predicted octanol–water partition coefficient (Wildman–Crippen LogP) is 5.19. The fourth-order valence-corrected chi connectivity index (χ4v) is 5.20. The third-order valence-corrected chi connectivity index (χ3v) is 7.30. The number of nitrogens with zero attached hydrogens (tertiary/aromatic N) is 1. The smallest absolute Gasteiger partial charge is 0.243 e. The summed E-state index contributed by atoms with van der Waals surface area (Å²) in [5.41, 5.74) is 2.71. The maximum absolute atomic E-state index is 13.8. The summed E-state index contributed by atoms with van der Waals surface area (Å²) in [5.74, 6) is 0.767. The van der Waals surface area contributed by atoms with Crippen LogP contribution in [0.1, 0.15) is 48.8 Å². The number of fused-ring (bicyclic) bond motifs is 1. The first-order valence-electron chi connectivity index (χ1n) is 13.3. The average molecular weight is 517 g/mol. The molecule has 1 atom stereocenters. The van der Waals surface area contributed by atoms with Gasteiger partial charge in [-0.25, -0.2) is 4.39 Å². The van der Waals surface area contributed by atoms with Gasteiger partial charge in [-0.2, -0.15) is 0 Å². The van der Waals surface area contributed by atoms with Gasteiger partial charge in [0.2, 0.25) is 18.6 Å². The van der Waals surface area contributed by atoms with E-state index in [1.54, 1.807) is 17.0 Å². The van der Waals surface area contributed by atoms with Crippen LogP contribution in [0.5, 0.6) is 11.5 Å². The fraction of sp³-hybridized carbons (Fsp3) is 0.355. The van der Waals surface area contributed by atoms with Crippen LogP contribution < -0.4 is 14.8 Å². The molecule has 198 valence electrons. The first kappa shape index (κ1) is 25.8. The van der Waals surface area contributed by atoms with Gasteiger partial charge in [-0.3, -0.25) is 9.59 Å². The van der Waals surface area contributed by atoms with Crippen LogP contribution in [0.3, 0.4) is 0 Å². The van der Waals surface area contributed by atoms with Crippen LogP contribution in [-0.2, 0) is 29.0 Å². The van der Waals surface area contributed by atoms with Crippen molar-refractivity contribution in [2.75, 3.05) is 6.79 Å². The maximum Gasteiger partial charge on any atom is 0.243 e. The molecule has 1 aliphatic carbocycles. The molecule has 38 heavy (non-hydrogen) atoms. The van der Waals surface area contributed by atoms with E-state index < -0.39 is 6.04 Å². The van der Waals surface area contributed by atoms with Crippen molar-refractivity contribution in [2.45, 2.75) is 63.6 Å². The van der Waals surface area contributed by atoms with Crippen LogP contribution in [0.25, 0.3) is 0 Å². The third kappa shape index (κ3) is 6.52. The van der Waals surface area contributed by atoms with Crippen molar-refractivity contribution in [1.82, 2.24) is 10.2 Å². The van der Waals surface area contributed by atoms with Gasteiger partial charge in [0, 0.05) is 25.4 Å². The number of benzene rings is 3. The van der Waals surface area contributed by atoms with E-state index in [1.165, 1.54) is 12.1 Å². The van der Waals surface area contributed by atoms with Gasteiger partial charge in [0.25, 0.3) is 0 Å². The van der Waals surface area contributed by atoms with E-state index in [4.69, 9.17) is 9.47 Å². The quantitative estimate of drug-likeness (QED) is 0.403. The number of carbonyl (C=O) groups is 2. The van der Waals surface area contributed by atoms with Crippen molar-refractivity contribution in [3.63, 3.8) is 0 Å². The summed E-state index contributed by atoms with van der Waals surface area (Å²) in [5, 5.41) is 3.21. The number of hydrogen-bond donors (Lipinski definition) is 1. The Labute approximate surface area is 222 Å². The highest BCUT2D eigenvalue weighted by molar-refractivity contribution is 5.88. The van der Waals surface area contributed by atoms with Crippen LogP contribution in [-0.4, -0.2) is 35.6 Å². The zero-order valence-electron chi connectivity index (χ0n) is 21.4. The molecule has 0 radical (unpaired) electrons. The molecule has 5 rings (SSSR count). The van der Waals surface area contributed by atoms with Crippen LogP contribution in [0.4, 0.5) is 4.39 Å². The maximum atomic E-state index is 13.8. The second-order valence-electron chi connectivity index (χ2n) is 10.0. The summed E-state index contributed by atoms with van der Waals surface area (Å²) in [4.78, 5) is 29.2. The zero-order valence-corrected chi connectivity index (χ0v) is 21.4. The highest BCUT2D eigenvalue weighted by Crippen LogP contribution is 2.33. The number of halogens is 1. The summed E-state index contributed by atoms with van der Waals surface area (Å²) in [7, 11) is 0. The molecule has 0 saturated heterocycles. The number of aryl methyl sites for hydroxylation is 1. The van der Waals surface area contributed by atoms with E-state index >= 15 is 0 Å². The molecule has 0 aromatic heterocycles. The summed E-state index contributed by atoms with van der Waals surface area (Å²) >= 11 is 0. The number of amides is 2. The molecule has 3 aromatic rings. The van der Waals surface area contributed by atoms with E-state index in [0.29, 0.717) is 24.3 Å². The SMILES string of the molecule is O=C(NC1CCCC1)C(Cc1ccccc1)N(Cc1ccc(F)cc1)C(=O)CCc1ccc2c(c1)OCO2. The summed E-state index contributed by atoms with van der Waals surface area (Å²) in [6.07, 6.45) is 5.24. The molecule has 0 spiro atoms. The number of carbonyl (C=O) groups excluding carboxylic acids is 2. The van der Waals surface area contributed by atoms with Gasteiger partial charge >= 0.3 is 0 Å². The van der Waals surface area contributed by atoms with Crippen LogP contribution >= 0.6 is 0 Å². The van der Waals surface area contributed by atoms with Crippen LogP contribution in [0.2, 0.25) is 0 Å². The Morgan fingerprint density at radius 2 is 1.61 bits per heavy atom. The molecule has 0 bridgehead atoms. The second kappa shape index (κ2) is 12.1. The van der Waals surface area contributed by atoms with Crippen LogP contribution in [0.15, 0.2) is 72.8 Å². The number of ether oxygens (including phenoxy) is 2. The molecular formula is C31H33FN2O4. The number of rotatable bonds is 10. The minimum absolute atomic E-state index is 0.130. The fourth-order valence-electron chi connectivity index (χ4n) is 5.20. The average Bonchev–Trinajstić information content (AvgIpc) is 3.62. The van der Waals surface area contributed by atoms with E-state index in [9.17, 15) is 14.0 Å². The van der Waals surface area contributed by atoms with Crippen molar-refractivity contribution < 1.29 is 23.5 Å². The van der Waals surface area contributed by atoms with Gasteiger partial charge in [0.05, 0.1) is 0 Å². The standard InChI is InChI=1S/C31H33FN2O4/c32-25-14-10-24(11-15-25)20-34(30(35)17-13-23-12-16-28-29(19-23)38-21-37-28)27(18-22-6-2-1-3-7-22)31(36)33-26-8-4-5-9-26/h1-3,6-7,10-12,14-16,19,26-27H,4-5,8-9,13,17-18,20-21H2,(H,33,36). The number of hydrogen-bond acceptors (Lipinski definition) is 4. The highest BCUT2D eigenvalue weighted by atomic mass is 19.1. The Hall–Kier alpha value is -3.87. The van der Waals surface area contributed by atoms with Crippen molar-refractivity contribution in [3.05, 3.63) is 95.3 Å². The Morgan fingerprint density at radius 3 is 2.37 bits per heavy atom. The van der Waals surface area contributed by atoms with Crippen molar-refractivity contribution in [2.24, 2.45) is 0 Å². The monoisotopic (exact) mass is 516 g/mol. The van der Waals surface area contributed by atoms with Gasteiger partial charge in [-0.15, -0.1) is 0 Å². The summed E-state index contributed by atoms with van der Waals surface area (Å²) in [6, 6.07) is 21.0. The van der Waals surface area contributed by atoms with E-state index in [2.05, 4.69) is 5.32 Å². The van der Waals surface area contributed by atoms with Crippen molar-refractivity contribution >= 4 is 11.8 Å². The molecule has 2 aliphatic rings. The van der Waals surface area contributed by atoms with Crippen molar-refractivity contribution in [1.29, 1.82) is 0 Å². The molecule has 6 nitrogen and oxygen atoms in total. The lowest BCUT2D eigenvalue weighted by molar-refractivity contribution is -0.141. The molecule has 3 aromatic carbocycles. The van der Waals surface area contributed by atoms with Gasteiger partial charge in [-0.05, 0) is 60.2 Å².